The van der Waals surface area contributed by atoms with Crippen LogP contribution in [0.3, 0.4) is 0 Å². The molecule has 0 N–H and O–H groups in total. The van der Waals surface area contributed by atoms with Crippen molar-refractivity contribution in [3.8, 4) is 0 Å². The van der Waals surface area contributed by atoms with Crippen molar-refractivity contribution >= 4 is 21.9 Å². The molecule has 2 saturated heterocycles. The van der Waals surface area contributed by atoms with Crippen molar-refractivity contribution in [1.29, 1.82) is 0 Å². The molecule has 0 spiro atoms. The Bertz CT molecular complexity index is 742. The quantitative estimate of drug-likeness (QED) is 0.815. The number of sulfonamides is 1. The molecule has 0 bridgehead atoms. The van der Waals surface area contributed by atoms with Gasteiger partial charge in [0.1, 0.15) is 12.4 Å². The fourth-order valence-electron chi connectivity index (χ4n) is 3.53. The predicted octanol–water partition coefficient (Wildman–Crippen LogP) is 2.20. The molecular formula is C17H25N3O4S. The number of hydrogen-bond acceptors (Lipinski definition) is 5. The van der Waals surface area contributed by atoms with E-state index in [1.165, 1.54) is 10.6 Å². The van der Waals surface area contributed by atoms with Crippen LogP contribution in [-0.4, -0.2) is 55.8 Å². The summed E-state index contributed by atoms with van der Waals surface area (Å²) in [5.74, 6) is 1.16. The third kappa shape index (κ3) is 3.79. The molecule has 0 radical (unpaired) electrons. The Kier molecular flexibility index (Phi) is 5.02. The van der Waals surface area contributed by atoms with Crippen LogP contribution in [0, 0.1) is 5.92 Å². The van der Waals surface area contributed by atoms with E-state index >= 15 is 0 Å². The number of hydrogen-bond donors (Lipinski definition) is 0. The molecule has 1 aromatic rings. The van der Waals surface area contributed by atoms with Gasteiger partial charge in [0.05, 0.1) is 12.3 Å². The third-order valence-corrected chi connectivity index (χ3v) is 6.39. The molecule has 1 unspecified atom stereocenters. The van der Waals surface area contributed by atoms with Crippen LogP contribution in [-0.2, 0) is 14.8 Å². The van der Waals surface area contributed by atoms with Crippen LogP contribution >= 0.6 is 0 Å². The molecule has 0 saturated carbocycles. The van der Waals surface area contributed by atoms with E-state index in [-0.39, 0.29) is 24.0 Å². The van der Waals surface area contributed by atoms with Gasteiger partial charge in [-0.2, -0.15) is 0 Å². The van der Waals surface area contributed by atoms with E-state index in [2.05, 4.69) is 18.8 Å². The first kappa shape index (κ1) is 18.1. The lowest BCUT2D eigenvalue weighted by Gasteiger charge is -2.31. The van der Waals surface area contributed by atoms with E-state index in [9.17, 15) is 13.2 Å². The van der Waals surface area contributed by atoms with Gasteiger partial charge < -0.3 is 4.74 Å². The number of anilines is 1. The number of nitrogens with zero attached hydrogens (tertiary/aromatic N) is 3. The summed E-state index contributed by atoms with van der Waals surface area (Å²) in [6, 6.07) is 3.89. The first-order valence-corrected chi connectivity index (χ1v) is 10.5. The van der Waals surface area contributed by atoms with Crippen molar-refractivity contribution in [1.82, 2.24) is 9.29 Å². The summed E-state index contributed by atoms with van der Waals surface area (Å²) < 4.78 is 30.0. The maximum Gasteiger partial charge on any atom is 0.415 e. The molecule has 1 atom stereocenters. The lowest BCUT2D eigenvalue weighted by molar-refractivity contribution is 0.177. The number of piperidine rings is 1. The number of pyridine rings is 1. The van der Waals surface area contributed by atoms with Crippen LogP contribution < -0.4 is 4.90 Å². The van der Waals surface area contributed by atoms with Crippen molar-refractivity contribution in [2.45, 2.75) is 38.6 Å². The van der Waals surface area contributed by atoms with E-state index in [0.29, 0.717) is 25.5 Å². The largest absolute Gasteiger partial charge is 0.447 e. The molecule has 3 rings (SSSR count). The van der Waals surface area contributed by atoms with E-state index in [4.69, 9.17) is 4.74 Å². The van der Waals surface area contributed by atoms with Gasteiger partial charge >= 0.3 is 6.09 Å². The summed E-state index contributed by atoms with van der Waals surface area (Å²) in [6.45, 7) is 5.56. The van der Waals surface area contributed by atoms with Gasteiger partial charge in [0.25, 0.3) is 0 Å². The van der Waals surface area contributed by atoms with Crippen molar-refractivity contribution in [2.75, 3.05) is 30.9 Å². The maximum absolute atomic E-state index is 12.1. The zero-order valence-corrected chi connectivity index (χ0v) is 15.7. The monoisotopic (exact) mass is 367 g/mol. The summed E-state index contributed by atoms with van der Waals surface area (Å²) in [6.07, 6.45) is 4.16. The van der Waals surface area contributed by atoms with E-state index in [1.807, 2.05) is 12.1 Å². The van der Waals surface area contributed by atoms with Gasteiger partial charge in [-0.1, -0.05) is 13.8 Å². The van der Waals surface area contributed by atoms with Gasteiger partial charge in [-0.3, -0.25) is 4.90 Å². The van der Waals surface area contributed by atoms with Crippen molar-refractivity contribution in [3.05, 3.63) is 23.9 Å². The Balaban J connectivity index is 1.77. The van der Waals surface area contributed by atoms with Crippen LogP contribution in [0.25, 0.3) is 0 Å². The maximum atomic E-state index is 12.1. The number of carbonyl (C=O) groups is 1. The summed E-state index contributed by atoms with van der Waals surface area (Å²) in [4.78, 5) is 18.1. The van der Waals surface area contributed by atoms with E-state index < -0.39 is 10.0 Å². The van der Waals surface area contributed by atoms with Crippen LogP contribution in [0.1, 0.15) is 38.2 Å². The minimum atomic E-state index is -3.13. The Morgan fingerprint density at radius 3 is 2.56 bits per heavy atom. The van der Waals surface area contributed by atoms with Crippen molar-refractivity contribution < 1.29 is 17.9 Å². The molecular weight excluding hydrogens is 342 g/mol. The molecule has 3 heterocycles. The number of rotatable bonds is 4. The highest BCUT2D eigenvalue weighted by Gasteiger charge is 2.37. The van der Waals surface area contributed by atoms with E-state index in [0.717, 1.165) is 18.4 Å². The lowest BCUT2D eigenvalue weighted by Crippen LogP contribution is -2.38. The second-order valence-corrected chi connectivity index (χ2v) is 9.12. The fraction of sp³-hybridized carbons (Fsp3) is 0.647. The molecule has 1 aromatic heterocycles. The number of carbonyl (C=O) groups excluding carboxylic acids is 1. The average Bonchev–Trinajstić information content (AvgIpc) is 2.96. The second-order valence-electron chi connectivity index (χ2n) is 7.14. The van der Waals surface area contributed by atoms with Gasteiger partial charge in [-0.05, 0) is 42.4 Å². The third-order valence-electron chi connectivity index (χ3n) is 5.09. The van der Waals surface area contributed by atoms with E-state index in [1.54, 1.807) is 11.1 Å². The fourth-order valence-corrected chi connectivity index (χ4v) is 4.40. The smallest absolute Gasteiger partial charge is 0.415 e. The van der Waals surface area contributed by atoms with Gasteiger partial charge in [0.15, 0.2) is 0 Å². The lowest BCUT2D eigenvalue weighted by atomic mass is 9.90. The molecule has 0 aliphatic carbocycles. The van der Waals surface area contributed by atoms with Gasteiger partial charge in [0, 0.05) is 19.3 Å². The first-order valence-electron chi connectivity index (χ1n) is 8.64. The summed E-state index contributed by atoms with van der Waals surface area (Å²) in [5, 5.41) is 0. The highest BCUT2D eigenvalue weighted by Crippen LogP contribution is 2.32. The normalized spacial score (nSPS) is 23.3. The predicted molar refractivity (Wildman–Crippen MR) is 95.1 cm³/mol. The zero-order valence-electron chi connectivity index (χ0n) is 14.9. The number of cyclic esters (lactones) is 1. The van der Waals surface area contributed by atoms with Gasteiger partial charge in [0.2, 0.25) is 10.0 Å². The summed E-state index contributed by atoms with van der Waals surface area (Å²) >= 11 is 0. The highest BCUT2D eigenvalue weighted by molar-refractivity contribution is 7.88. The molecule has 7 nitrogen and oxygen atoms in total. The minimum absolute atomic E-state index is 0.0117. The SMILES string of the molecule is CC(C)C1COC(=O)N1c1cc(C2CCN(S(C)(=O)=O)CC2)ccn1. The van der Waals surface area contributed by atoms with Crippen LogP contribution in [0.4, 0.5) is 10.6 Å². The molecule has 1 amide bonds. The molecule has 2 fully saturated rings. The van der Waals surface area contributed by atoms with Crippen molar-refractivity contribution in [2.24, 2.45) is 5.92 Å². The Morgan fingerprint density at radius 2 is 1.96 bits per heavy atom. The van der Waals surface area contributed by atoms with Crippen LogP contribution in [0.15, 0.2) is 18.3 Å². The summed E-state index contributed by atoms with van der Waals surface area (Å²) in [5.41, 5.74) is 1.10. The Labute approximate surface area is 149 Å². The molecule has 25 heavy (non-hydrogen) atoms. The zero-order chi connectivity index (χ0) is 18.2. The molecule has 2 aliphatic heterocycles. The number of ether oxygens (including phenoxy) is 1. The second kappa shape index (κ2) is 6.92. The first-order chi connectivity index (χ1) is 11.8. The average molecular weight is 367 g/mol. The number of aromatic nitrogens is 1. The van der Waals surface area contributed by atoms with Crippen LogP contribution in [0.2, 0.25) is 0 Å². The topological polar surface area (TPSA) is 79.8 Å². The minimum Gasteiger partial charge on any atom is -0.447 e. The summed E-state index contributed by atoms with van der Waals surface area (Å²) in [7, 11) is -3.13. The van der Waals surface area contributed by atoms with Gasteiger partial charge in [-0.15, -0.1) is 0 Å². The molecule has 2 aliphatic rings. The molecule has 0 aromatic carbocycles. The van der Waals surface area contributed by atoms with Gasteiger partial charge in [-0.25, -0.2) is 22.5 Å². The molecule has 138 valence electrons. The Hall–Kier alpha value is -1.67. The highest BCUT2D eigenvalue weighted by atomic mass is 32.2. The van der Waals surface area contributed by atoms with Crippen molar-refractivity contribution in [3.63, 3.8) is 0 Å². The number of amides is 1. The standard InChI is InChI=1S/C17H25N3O4S/c1-12(2)15-11-24-17(21)20(15)16-10-14(4-7-18-16)13-5-8-19(9-6-13)25(3,22)23/h4,7,10,12-13,15H,5-6,8-9,11H2,1-3H3. The van der Waals surface area contributed by atoms with Crippen LogP contribution in [0.5, 0.6) is 0 Å². The molecule has 8 heteroatoms. The Morgan fingerprint density at radius 1 is 1.28 bits per heavy atom.